The molecule has 0 fully saturated rings. The number of aliphatic carboxylic acids is 1. The number of aliphatic imine (C=N–C) groups is 1. The molecule has 3 N–H and O–H groups in total. The van der Waals surface area contributed by atoms with E-state index in [1.54, 1.807) is 13.1 Å². The Kier molecular flexibility index (Phi) is 10.1. The summed E-state index contributed by atoms with van der Waals surface area (Å²) in [5, 5.41) is 15.4. The second-order valence-electron chi connectivity index (χ2n) is 7.39. The van der Waals surface area contributed by atoms with Gasteiger partial charge in [0.25, 0.3) is 11.8 Å². The number of carbonyl (C=O) groups is 3. The van der Waals surface area contributed by atoms with Gasteiger partial charge in [-0.1, -0.05) is 61.4 Å². The molecule has 31 heavy (non-hydrogen) atoms. The van der Waals surface area contributed by atoms with Gasteiger partial charge in [-0.05, 0) is 25.0 Å². The first-order valence-corrected chi connectivity index (χ1v) is 11.1. The van der Waals surface area contributed by atoms with Crippen molar-refractivity contribution in [3.05, 3.63) is 33.8 Å². The van der Waals surface area contributed by atoms with Crippen molar-refractivity contribution in [2.24, 2.45) is 4.99 Å². The van der Waals surface area contributed by atoms with Gasteiger partial charge in [-0.25, -0.2) is 9.79 Å². The Hall–Kier alpha value is -2.32. The number of likely N-dealkylation sites (N-methyl/N-ethyl adjacent to an activating group) is 1. The van der Waals surface area contributed by atoms with Gasteiger partial charge in [0.15, 0.2) is 0 Å². The lowest BCUT2D eigenvalue weighted by Gasteiger charge is -2.15. The maximum absolute atomic E-state index is 12.4. The first-order chi connectivity index (χ1) is 14.8. The zero-order valence-electron chi connectivity index (χ0n) is 17.5. The number of amides is 2. The van der Waals surface area contributed by atoms with E-state index in [-0.39, 0.29) is 28.1 Å². The van der Waals surface area contributed by atoms with Crippen molar-refractivity contribution in [1.82, 2.24) is 15.5 Å². The molecule has 0 aliphatic carbocycles. The van der Waals surface area contributed by atoms with Gasteiger partial charge in [0, 0.05) is 13.6 Å². The maximum atomic E-state index is 12.4. The summed E-state index contributed by atoms with van der Waals surface area (Å²) in [5.74, 6) is -1.05. The number of halogens is 2. The van der Waals surface area contributed by atoms with Crippen molar-refractivity contribution in [3.63, 3.8) is 0 Å². The molecule has 0 radical (unpaired) electrons. The molecule has 0 bridgehead atoms. The molecule has 170 valence electrons. The van der Waals surface area contributed by atoms with E-state index < -0.39 is 17.9 Å². The van der Waals surface area contributed by atoms with E-state index in [0.29, 0.717) is 18.8 Å². The van der Waals surface area contributed by atoms with Crippen LogP contribution in [0.2, 0.25) is 10.0 Å². The molecule has 1 aromatic carbocycles. The smallest absolute Gasteiger partial charge is 0.326 e. The molecule has 1 heterocycles. The molecule has 1 aromatic rings. The van der Waals surface area contributed by atoms with Gasteiger partial charge in [0.1, 0.15) is 12.6 Å². The molecule has 1 aliphatic heterocycles. The monoisotopic (exact) mass is 470 g/mol. The fourth-order valence-corrected chi connectivity index (χ4v) is 3.80. The maximum Gasteiger partial charge on any atom is 0.326 e. The highest BCUT2D eigenvalue weighted by Gasteiger charge is 2.23. The van der Waals surface area contributed by atoms with E-state index >= 15 is 0 Å². The van der Waals surface area contributed by atoms with Crippen LogP contribution in [0.1, 0.15) is 55.3 Å². The number of unbranched alkanes of at least 4 members (excludes halogenated alkanes) is 5. The summed E-state index contributed by atoms with van der Waals surface area (Å²) < 4.78 is 0. The average molecular weight is 471 g/mol. The molecule has 1 atom stereocenters. The molecular weight excluding hydrogens is 443 g/mol. The normalized spacial score (nSPS) is 14.4. The van der Waals surface area contributed by atoms with Gasteiger partial charge in [-0.2, -0.15) is 0 Å². The van der Waals surface area contributed by atoms with Crippen molar-refractivity contribution in [2.45, 2.75) is 51.0 Å². The number of hydrogen-bond donors (Lipinski definition) is 3. The Balaban J connectivity index is 1.61. The van der Waals surface area contributed by atoms with E-state index in [2.05, 4.69) is 15.6 Å². The van der Waals surface area contributed by atoms with Crippen LogP contribution in [-0.2, 0) is 9.59 Å². The standard InChI is InChI=1S/C21H28Cl2N4O4/c1-27-17(28)13-25-21(27)24-12-7-5-3-2-4-6-11-16(20(30)31)26-19(29)18-14(22)9-8-10-15(18)23/h8-10,16H,2-7,11-13H2,1H3,(H,24,25)(H,26,29)(H,30,31)/t16-/m1/s1. The van der Waals surface area contributed by atoms with Gasteiger partial charge in [-0.3, -0.25) is 14.5 Å². The van der Waals surface area contributed by atoms with Crippen LogP contribution in [0.5, 0.6) is 0 Å². The molecule has 8 nitrogen and oxygen atoms in total. The second-order valence-corrected chi connectivity index (χ2v) is 8.20. The molecule has 1 aliphatic rings. The minimum atomic E-state index is -1.08. The van der Waals surface area contributed by atoms with Gasteiger partial charge >= 0.3 is 5.97 Å². The summed E-state index contributed by atoms with van der Waals surface area (Å²) in [6, 6.07) is 3.70. The third-order valence-electron chi connectivity index (χ3n) is 5.05. The molecule has 0 unspecified atom stereocenters. The zero-order valence-corrected chi connectivity index (χ0v) is 19.0. The Morgan fingerprint density at radius 1 is 1.13 bits per heavy atom. The number of hydrogen-bond acceptors (Lipinski definition) is 5. The average Bonchev–Trinajstić information content (AvgIpc) is 3.03. The molecule has 0 spiro atoms. The van der Waals surface area contributed by atoms with Crippen LogP contribution in [0.4, 0.5) is 0 Å². The van der Waals surface area contributed by atoms with Crippen LogP contribution in [0.25, 0.3) is 0 Å². The third kappa shape index (κ3) is 7.70. The highest BCUT2D eigenvalue weighted by molar-refractivity contribution is 6.39. The van der Waals surface area contributed by atoms with E-state index in [4.69, 9.17) is 23.2 Å². The highest BCUT2D eigenvalue weighted by Crippen LogP contribution is 2.24. The first kappa shape index (κ1) is 24.9. The Bertz CT molecular complexity index is 811. The fourth-order valence-electron chi connectivity index (χ4n) is 3.23. The summed E-state index contributed by atoms with van der Waals surface area (Å²) >= 11 is 12.0. The summed E-state index contributed by atoms with van der Waals surface area (Å²) in [4.78, 5) is 40.9. The summed E-state index contributed by atoms with van der Waals surface area (Å²) in [6.45, 7) is 0.968. The minimum Gasteiger partial charge on any atom is -0.480 e. The first-order valence-electron chi connectivity index (χ1n) is 10.3. The van der Waals surface area contributed by atoms with Crippen molar-refractivity contribution >= 4 is 46.9 Å². The lowest BCUT2D eigenvalue weighted by molar-refractivity contribution is -0.139. The predicted octanol–water partition coefficient (Wildman–Crippen LogP) is 3.32. The Morgan fingerprint density at radius 2 is 1.74 bits per heavy atom. The second kappa shape index (κ2) is 12.5. The Labute approximate surface area is 192 Å². The topological polar surface area (TPSA) is 111 Å². The molecule has 0 saturated heterocycles. The highest BCUT2D eigenvalue weighted by atomic mass is 35.5. The van der Waals surface area contributed by atoms with Crippen LogP contribution in [0, 0.1) is 0 Å². The summed E-state index contributed by atoms with van der Waals surface area (Å²) in [5.41, 5.74) is 0.0878. The number of benzene rings is 1. The number of guanidine groups is 1. The van der Waals surface area contributed by atoms with Gasteiger partial charge in [0.2, 0.25) is 5.96 Å². The SMILES string of the molecule is CN1C(=O)CN=C1NCCCCCCCC[C@@H](NC(=O)c1c(Cl)cccc1Cl)C(=O)O. The van der Waals surface area contributed by atoms with Crippen molar-refractivity contribution in [3.8, 4) is 0 Å². The summed E-state index contributed by atoms with van der Waals surface area (Å²) in [6.07, 6.45) is 5.91. The molecule has 0 saturated carbocycles. The van der Waals surface area contributed by atoms with Crippen LogP contribution in [-0.4, -0.2) is 59.9 Å². The number of carboxylic acids is 1. The van der Waals surface area contributed by atoms with Gasteiger partial charge < -0.3 is 15.7 Å². The summed E-state index contributed by atoms with van der Waals surface area (Å²) in [7, 11) is 1.71. The minimum absolute atomic E-state index is 0.00619. The Morgan fingerprint density at radius 3 is 2.32 bits per heavy atom. The van der Waals surface area contributed by atoms with Crippen LogP contribution in [0.15, 0.2) is 23.2 Å². The third-order valence-corrected chi connectivity index (χ3v) is 5.68. The largest absolute Gasteiger partial charge is 0.480 e. The van der Waals surface area contributed by atoms with E-state index in [1.165, 1.54) is 17.0 Å². The molecule has 2 rings (SSSR count). The zero-order chi connectivity index (χ0) is 22.8. The van der Waals surface area contributed by atoms with Gasteiger partial charge in [-0.15, -0.1) is 0 Å². The number of carboxylic acid groups (broad SMARTS) is 1. The molecule has 0 aromatic heterocycles. The molecule has 10 heteroatoms. The quantitative estimate of drug-likeness (QED) is 0.405. The van der Waals surface area contributed by atoms with E-state index in [9.17, 15) is 19.5 Å². The van der Waals surface area contributed by atoms with E-state index in [1.807, 2.05) is 0 Å². The van der Waals surface area contributed by atoms with Crippen LogP contribution in [0.3, 0.4) is 0 Å². The van der Waals surface area contributed by atoms with Crippen molar-refractivity contribution in [1.29, 1.82) is 0 Å². The van der Waals surface area contributed by atoms with Crippen molar-refractivity contribution in [2.75, 3.05) is 20.1 Å². The number of rotatable bonds is 12. The molecular formula is C21H28Cl2N4O4. The van der Waals surface area contributed by atoms with Crippen LogP contribution >= 0.6 is 23.2 Å². The number of carbonyl (C=O) groups excluding carboxylic acids is 2. The number of nitrogens with zero attached hydrogens (tertiary/aromatic N) is 2. The predicted molar refractivity (Wildman–Crippen MR) is 121 cm³/mol. The van der Waals surface area contributed by atoms with Gasteiger partial charge in [0.05, 0.1) is 15.6 Å². The van der Waals surface area contributed by atoms with E-state index in [0.717, 1.165) is 38.6 Å². The molecule has 2 amide bonds. The van der Waals surface area contributed by atoms with Crippen LogP contribution < -0.4 is 10.6 Å². The lowest BCUT2D eigenvalue weighted by Crippen LogP contribution is -2.41. The van der Waals surface area contributed by atoms with Crippen molar-refractivity contribution < 1.29 is 19.5 Å². The lowest BCUT2D eigenvalue weighted by atomic mass is 10.0. The fraction of sp³-hybridized carbons (Fsp3) is 0.524. The number of nitrogens with one attached hydrogen (secondary N) is 2.